The van der Waals surface area contributed by atoms with Crippen molar-refractivity contribution >= 4 is 11.8 Å². The van der Waals surface area contributed by atoms with Crippen molar-refractivity contribution in [3.8, 4) is 6.07 Å². The molecule has 2 unspecified atom stereocenters. The van der Waals surface area contributed by atoms with Gasteiger partial charge in [-0.05, 0) is 30.4 Å². The number of aliphatic hydroxyl groups is 1. The first-order chi connectivity index (χ1) is 6.74. The number of hydrogen-bond donors (Lipinski definition) is 2. The lowest BCUT2D eigenvalue weighted by Gasteiger charge is -2.10. The van der Waals surface area contributed by atoms with E-state index in [1.54, 1.807) is 11.8 Å². The maximum absolute atomic E-state index is 8.80. The lowest BCUT2D eigenvalue weighted by molar-refractivity contribution is 0.250. The van der Waals surface area contributed by atoms with Crippen LogP contribution in [0.25, 0.3) is 0 Å². The first-order valence-corrected chi connectivity index (χ1v) is 6.21. The van der Waals surface area contributed by atoms with E-state index >= 15 is 0 Å². The molecule has 0 aromatic carbocycles. The molecule has 0 rings (SSSR count). The van der Waals surface area contributed by atoms with Gasteiger partial charge >= 0.3 is 0 Å². The summed E-state index contributed by atoms with van der Waals surface area (Å²) in [6, 6.07) is 2.21. The predicted molar refractivity (Wildman–Crippen MR) is 61.3 cm³/mol. The molecule has 0 saturated heterocycles. The largest absolute Gasteiger partial charge is 0.396 e. The summed E-state index contributed by atoms with van der Waals surface area (Å²) in [6.45, 7) is 5.13. The molecule has 0 heterocycles. The first-order valence-electron chi connectivity index (χ1n) is 5.06. The van der Waals surface area contributed by atoms with Crippen LogP contribution in [0.1, 0.15) is 20.3 Å². The average molecular weight is 216 g/mol. The van der Waals surface area contributed by atoms with Gasteiger partial charge in [0.1, 0.15) is 0 Å². The average Bonchev–Trinajstić information content (AvgIpc) is 2.22. The van der Waals surface area contributed by atoms with Gasteiger partial charge in [0.2, 0.25) is 0 Å². The van der Waals surface area contributed by atoms with E-state index in [9.17, 15) is 0 Å². The van der Waals surface area contributed by atoms with Crippen LogP contribution in [0.3, 0.4) is 0 Å². The molecule has 14 heavy (non-hydrogen) atoms. The maximum Gasteiger partial charge on any atom is 0.0960 e. The number of nitriles is 1. The zero-order valence-corrected chi connectivity index (χ0v) is 9.81. The summed E-state index contributed by atoms with van der Waals surface area (Å²) in [6.07, 6.45) is 0.882. The van der Waals surface area contributed by atoms with E-state index in [-0.39, 0.29) is 12.6 Å². The van der Waals surface area contributed by atoms with Crippen LogP contribution in [-0.4, -0.2) is 35.8 Å². The molecule has 0 bridgehead atoms. The molecule has 0 aliphatic rings. The Bertz CT molecular complexity index is 170. The third-order valence-corrected chi connectivity index (χ3v) is 3.20. The first kappa shape index (κ1) is 13.8. The van der Waals surface area contributed by atoms with Gasteiger partial charge in [0, 0.05) is 6.61 Å². The number of hydrogen-bond acceptors (Lipinski definition) is 4. The minimum atomic E-state index is -0.0167. The van der Waals surface area contributed by atoms with Gasteiger partial charge in [-0.3, -0.25) is 0 Å². The highest BCUT2D eigenvalue weighted by Crippen LogP contribution is 2.09. The van der Waals surface area contributed by atoms with Gasteiger partial charge < -0.3 is 10.4 Å². The molecule has 3 nitrogen and oxygen atoms in total. The summed E-state index contributed by atoms with van der Waals surface area (Å²) in [5.41, 5.74) is 0. The standard InChI is InChI=1S/C10H20N2OS/c1-3-12-10(6-11)4-5-14-8-9(2)7-13/h9-10,12-13H,3-5,7-8H2,1-2H3. The predicted octanol–water partition coefficient (Wildman–Crippen LogP) is 1.24. The van der Waals surface area contributed by atoms with Gasteiger partial charge in [-0.1, -0.05) is 13.8 Å². The number of nitrogens with one attached hydrogen (secondary N) is 1. The number of aliphatic hydroxyl groups excluding tert-OH is 1. The van der Waals surface area contributed by atoms with Crippen LogP contribution in [0.15, 0.2) is 0 Å². The van der Waals surface area contributed by atoms with Crippen LogP contribution >= 0.6 is 11.8 Å². The Kier molecular flexibility index (Phi) is 9.16. The van der Waals surface area contributed by atoms with Gasteiger partial charge in [-0.15, -0.1) is 0 Å². The normalized spacial score (nSPS) is 14.7. The summed E-state index contributed by atoms with van der Waals surface area (Å²) in [5, 5.41) is 20.7. The van der Waals surface area contributed by atoms with Crippen LogP contribution in [0, 0.1) is 17.2 Å². The summed E-state index contributed by atoms with van der Waals surface area (Å²) in [4.78, 5) is 0. The SMILES string of the molecule is CCNC(C#N)CCSCC(C)CO. The smallest absolute Gasteiger partial charge is 0.0960 e. The lowest BCUT2D eigenvalue weighted by Crippen LogP contribution is -2.27. The summed E-state index contributed by atoms with van der Waals surface area (Å²) < 4.78 is 0. The summed E-state index contributed by atoms with van der Waals surface area (Å²) in [7, 11) is 0. The van der Waals surface area contributed by atoms with Crippen molar-refractivity contribution in [1.82, 2.24) is 5.32 Å². The molecule has 0 aromatic rings. The zero-order chi connectivity index (χ0) is 10.8. The van der Waals surface area contributed by atoms with E-state index in [2.05, 4.69) is 11.4 Å². The van der Waals surface area contributed by atoms with Crippen molar-refractivity contribution in [2.45, 2.75) is 26.3 Å². The molecule has 0 spiro atoms. The van der Waals surface area contributed by atoms with E-state index in [4.69, 9.17) is 10.4 Å². The number of rotatable bonds is 8. The number of thioether (sulfide) groups is 1. The van der Waals surface area contributed by atoms with Crippen molar-refractivity contribution in [2.75, 3.05) is 24.7 Å². The van der Waals surface area contributed by atoms with Crippen LogP contribution in [0.5, 0.6) is 0 Å². The van der Waals surface area contributed by atoms with E-state index < -0.39 is 0 Å². The topological polar surface area (TPSA) is 56.0 Å². The second-order valence-electron chi connectivity index (χ2n) is 3.39. The molecular weight excluding hydrogens is 196 g/mol. The fourth-order valence-corrected chi connectivity index (χ4v) is 2.07. The second-order valence-corrected chi connectivity index (χ2v) is 4.54. The third-order valence-electron chi connectivity index (χ3n) is 1.87. The Morgan fingerprint density at radius 3 is 2.79 bits per heavy atom. The molecule has 82 valence electrons. The Morgan fingerprint density at radius 2 is 2.29 bits per heavy atom. The van der Waals surface area contributed by atoms with Crippen LogP contribution in [-0.2, 0) is 0 Å². The van der Waals surface area contributed by atoms with Gasteiger partial charge in [0.05, 0.1) is 12.1 Å². The highest BCUT2D eigenvalue weighted by atomic mass is 32.2. The summed E-state index contributed by atoms with van der Waals surface area (Å²) in [5.74, 6) is 2.32. The Labute approximate surface area is 90.9 Å². The van der Waals surface area contributed by atoms with Gasteiger partial charge in [-0.25, -0.2) is 0 Å². The van der Waals surface area contributed by atoms with Gasteiger partial charge in [0.15, 0.2) is 0 Å². The van der Waals surface area contributed by atoms with Crippen molar-refractivity contribution in [1.29, 1.82) is 5.26 Å². The van der Waals surface area contributed by atoms with Crippen molar-refractivity contribution in [2.24, 2.45) is 5.92 Å². The molecule has 2 atom stereocenters. The molecule has 0 radical (unpaired) electrons. The Balaban J connectivity index is 3.38. The molecular formula is C10H20N2OS. The van der Waals surface area contributed by atoms with Gasteiger partial charge in [0.25, 0.3) is 0 Å². The Hall–Kier alpha value is -0.240. The van der Waals surface area contributed by atoms with Crippen molar-refractivity contribution in [3.05, 3.63) is 0 Å². The second kappa shape index (κ2) is 9.32. The lowest BCUT2D eigenvalue weighted by atomic mass is 10.2. The minimum absolute atomic E-state index is 0.0167. The fraction of sp³-hybridized carbons (Fsp3) is 0.900. The molecule has 0 aliphatic carbocycles. The van der Waals surface area contributed by atoms with Crippen LogP contribution < -0.4 is 5.32 Å². The van der Waals surface area contributed by atoms with Gasteiger partial charge in [-0.2, -0.15) is 17.0 Å². The maximum atomic E-state index is 8.80. The molecule has 4 heteroatoms. The van der Waals surface area contributed by atoms with E-state index in [1.165, 1.54) is 0 Å². The highest BCUT2D eigenvalue weighted by molar-refractivity contribution is 7.99. The molecule has 2 N–H and O–H groups in total. The molecule has 0 fully saturated rings. The van der Waals surface area contributed by atoms with E-state index in [0.29, 0.717) is 5.92 Å². The number of nitrogens with zero attached hydrogens (tertiary/aromatic N) is 1. The fourth-order valence-electron chi connectivity index (χ4n) is 0.997. The van der Waals surface area contributed by atoms with Crippen LogP contribution in [0.4, 0.5) is 0 Å². The Morgan fingerprint density at radius 1 is 1.57 bits per heavy atom. The van der Waals surface area contributed by atoms with Crippen molar-refractivity contribution in [3.63, 3.8) is 0 Å². The minimum Gasteiger partial charge on any atom is -0.396 e. The van der Waals surface area contributed by atoms with Crippen LogP contribution in [0.2, 0.25) is 0 Å². The monoisotopic (exact) mass is 216 g/mol. The third kappa shape index (κ3) is 7.19. The zero-order valence-electron chi connectivity index (χ0n) is 8.99. The highest BCUT2D eigenvalue weighted by Gasteiger charge is 2.05. The van der Waals surface area contributed by atoms with E-state index in [0.717, 1.165) is 24.5 Å². The molecule has 0 amide bonds. The molecule has 0 saturated carbocycles. The van der Waals surface area contributed by atoms with Crippen molar-refractivity contribution < 1.29 is 5.11 Å². The summed E-state index contributed by atoms with van der Waals surface area (Å²) >= 11 is 1.80. The quantitative estimate of drug-likeness (QED) is 0.599. The molecule has 0 aliphatic heterocycles. The molecule has 0 aromatic heterocycles. The van der Waals surface area contributed by atoms with E-state index in [1.807, 2.05) is 13.8 Å².